The number of carbonyl (C=O) groups excluding carboxylic acids is 2. The first-order valence-corrected chi connectivity index (χ1v) is 6.78. The maximum absolute atomic E-state index is 12.4. The number of benzene rings is 1. The number of ether oxygens (including phenoxy) is 1. The minimum atomic E-state index is -0.834. The lowest BCUT2D eigenvalue weighted by Crippen LogP contribution is -2.47. The topological polar surface area (TPSA) is 93.0 Å². The predicted molar refractivity (Wildman–Crippen MR) is 77.8 cm³/mol. The molecule has 0 N–H and O–H groups in total. The van der Waals surface area contributed by atoms with Gasteiger partial charge < -0.3 is 14.5 Å². The van der Waals surface area contributed by atoms with Gasteiger partial charge in [0.2, 0.25) is 0 Å². The van der Waals surface area contributed by atoms with Crippen molar-refractivity contribution in [2.24, 2.45) is 0 Å². The van der Waals surface area contributed by atoms with Crippen molar-refractivity contribution in [1.82, 2.24) is 9.80 Å². The van der Waals surface area contributed by atoms with E-state index >= 15 is 0 Å². The van der Waals surface area contributed by atoms with Gasteiger partial charge in [0.05, 0.1) is 12.0 Å². The number of methoxy groups -OCH3 is 1. The van der Waals surface area contributed by atoms with E-state index in [4.69, 9.17) is 0 Å². The fourth-order valence-corrected chi connectivity index (χ4v) is 2.29. The van der Waals surface area contributed by atoms with E-state index in [1.807, 2.05) is 7.05 Å². The Kier molecular flexibility index (Phi) is 4.71. The van der Waals surface area contributed by atoms with Gasteiger partial charge in [-0.05, 0) is 19.2 Å². The molecule has 0 bridgehead atoms. The highest BCUT2D eigenvalue weighted by atomic mass is 16.6. The summed E-state index contributed by atoms with van der Waals surface area (Å²) >= 11 is 0. The predicted octanol–water partition coefficient (Wildman–Crippen LogP) is 0.769. The summed E-state index contributed by atoms with van der Waals surface area (Å²) in [4.78, 5) is 38.2. The van der Waals surface area contributed by atoms with Gasteiger partial charge in [0.25, 0.3) is 11.6 Å². The molecule has 22 heavy (non-hydrogen) atoms. The molecule has 0 radical (unpaired) electrons. The second-order valence-corrected chi connectivity index (χ2v) is 5.08. The third-order valence-electron chi connectivity index (χ3n) is 3.64. The number of rotatable bonds is 3. The van der Waals surface area contributed by atoms with Crippen LogP contribution in [0.3, 0.4) is 0 Å². The monoisotopic (exact) mass is 307 g/mol. The maximum atomic E-state index is 12.4. The number of hydrogen-bond acceptors (Lipinski definition) is 6. The van der Waals surface area contributed by atoms with Crippen LogP contribution in [-0.2, 0) is 4.74 Å². The number of piperazine rings is 1. The van der Waals surface area contributed by atoms with Crippen LogP contribution < -0.4 is 0 Å². The Morgan fingerprint density at radius 3 is 2.41 bits per heavy atom. The Morgan fingerprint density at radius 2 is 1.86 bits per heavy atom. The van der Waals surface area contributed by atoms with Gasteiger partial charge in [0.15, 0.2) is 0 Å². The lowest BCUT2D eigenvalue weighted by atomic mass is 10.1. The third-order valence-corrected chi connectivity index (χ3v) is 3.64. The number of nitrogens with zero attached hydrogens (tertiary/aromatic N) is 3. The molecule has 1 aromatic rings. The molecule has 1 aliphatic rings. The van der Waals surface area contributed by atoms with Crippen molar-refractivity contribution >= 4 is 17.6 Å². The average Bonchev–Trinajstić information content (AvgIpc) is 2.53. The Balaban J connectivity index is 2.30. The molecule has 0 aromatic heterocycles. The Morgan fingerprint density at radius 1 is 1.23 bits per heavy atom. The van der Waals surface area contributed by atoms with Crippen molar-refractivity contribution in [2.45, 2.75) is 0 Å². The normalized spacial score (nSPS) is 15.5. The zero-order valence-corrected chi connectivity index (χ0v) is 12.4. The number of hydrogen-bond donors (Lipinski definition) is 0. The molecule has 1 aliphatic heterocycles. The highest BCUT2D eigenvalue weighted by Gasteiger charge is 2.25. The average molecular weight is 307 g/mol. The molecule has 8 heteroatoms. The minimum Gasteiger partial charge on any atom is -0.465 e. The van der Waals surface area contributed by atoms with Crippen molar-refractivity contribution in [3.8, 4) is 0 Å². The van der Waals surface area contributed by atoms with E-state index in [1.165, 1.54) is 12.1 Å². The molecule has 1 amide bonds. The number of nitro groups is 1. The molecule has 1 heterocycles. The van der Waals surface area contributed by atoms with Gasteiger partial charge in [-0.2, -0.15) is 0 Å². The lowest BCUT2D eigenvalue weighted by Gasteiger charge is -2.32. The molecular formula is C14H17N3O5. The van der Waals surface area contributed by atoms with Crippen molar-refractivity contribution in [2.75, 3.05) is 40.3 Å². The number of carbonyl (C=O) groups is 2. The van der Waals surface area contributed by atoms with Crippen LogP contribution in [0.1, 0.15) is 20.7 Å². The van der Waals surface area contributed by atoms with Gasteiger partial charge in [-0.1, -0.05) is 0 Å². The van der Waals surface area contributed by atoms with Crippen LogP contribution in [0.4, 0.5) is 5.69 Å². The summed E-state index contributed by atoms with van der Waals surface area (Å²) in [5.74, 6) is -1.08. The number of amides is 1. The molecule has 118 valence electrons. The number of nitro benzene ring substituents is 1. The molecule has 0 spiro atoms. The molecule has 0 atom stereocenters. The first-order valence-electron chi connectivity index (χ1n) is 6.78. The van der Waals surface area contributed by atoms with Crippen molar-refractivity contribution < 1.29 is 19.2 Å². The lowest BCUT2D eigenvalue weighted by molar-refractivity contribution is -0.385. The smallest absolute Gasteiger partial charge is 0.344 e. The van der Waals surface area contributed by atoms with E-state index in [0.29, 0.717) is 13.1 Å². The Hall–Kier alpha value is -2.48. The minimum absolute atomic E-state index is 0.215. The van der Waals surface area contributed by atoms with Gasteiger partial charge in [-0.15, -0.1) is 0 Å². The first-order chi connectivity index (χ1) is 10.4. The Labute approximate surface area is 127 Å². The van der Waals surface area contributed by atoms with Crippen LogP contribution in [0.2, 0.25) is 0 Å². The van der Waals surface area contributed by atoms with E-state index < -0.39 is 10.9 Å². The molecular weight excluding hydrogens is 290 g/mol. The van der Waals surface area contributed by atoms with Crippen LogP contribution >= 0.6 is 0 Å². The zero-order valence-electron chi connectivity index (χ0n) is 12.4. The number of likely N-dealkylation sites (N-methyl/N-ethyl adjacent to an activating group) is 1. The van der Waals surface area contributed by atoms with Crippen LogP contribution in [0.25, 0.3) is 0 Å². The van der Waals surface area contributed by atoms with E-state index in [-0.39, 0.29) is 22.7 Å². The quantitative estimate of drug-likeness (QED) is 0.465. The summed E-state index contributed by atoms with van der Waals surface area (Å²) in [7, 11) is 3.12. The van der Waals surface area contributed by atoms with Crippen LogP contribution in [0, 0.1) is 10.1 Å². The van der Waals surface area contributed by atoms with Gasteiger partial charge in [0, 0.05) is 37.8 Å². The number of esters is 1. The van der Waals surface area contributed by atoms with Crippen molar-refractivity contribution in [3.05, 3.63) is 39.4 Å². The molecule has 0 unspecified atom stereocenters. The third kappa shape index (κ3) is 3.22. The fraction of sp³-hybridized carbons (Fsp3) is 0.429. The first kappa shape index (κ1) is 15.9. The maximum Gasteiger partial charge on any atom is 0.344 e. The molecule has 8 nitrogen and oxygen atoms in total. The van der Waals surface area contributed by atoms with Gasteiger partial charge in [0.1, 0.15) is 5.56 Å². The molecule has 0 saturated carbocycles. The summed E-state index contributed by atoms with van der Waals surface area (Å²) in [6, 6.07) is 3.76. The molecule has 1 fully saturated rings. The van der Waals surface area contributed by atoms with E-state index in [1.54, 1.807) is 4.90 Å². The molecule has 2 rings (SSSR count). The van der Waals surface area contributed by atoms with E-state index in [2.05, 4.69) is 9.64 Å². The van der Waals surface area contributed by atoms with E-state index in [9.17, 15) is 19.7 Å². The van der Waals surface area contributed by atoms with Crippen LogP contribution in [0.5, 0.6) is 0 Å². The highest BCUT2D eigenvalue weighted by molar-refractivity contribution is 6.00. The summed E-state index contributed by atoms with van der Waals surface area (Å²) in [5, 5.41) is 11.0. The van der Waals surface area contributed by atoms with Gasteiger partial charge >= 0.3 is 5.97 Å². The SMILES string of the molecule is COC(=O)c1cc(C(=O)N2CCN(C)CC2)ccc1[N+](=O)[O-]. The fourth-order valence-electron chi connectivity index (χ4n) is 2.29. The molecule has 1 aromatic carbocycles. The summed E-state index contributed by atoms with van der Waals surface area (Å²) in [5.41, 5.74) is -0.343. The summed E-state index contributed by atoms with van der Waals surface area (Å²) in [6.07, 6.45) is 0. The van der Waals surface area contributed by atoms with Crippen molar-refractivity contribution in [3.63, 3.8) is 0 Å². The molecule has 1 saturated heterocycles. The zero-order chi connectivity index (χ0) is 16.3. The standard InChI is InChI=1S/C14H17N3O5/c1-15-5-7-16(8-6-15)13(18)10-3-4-12(17(20)21)11(9-10)14(19)22-2/h3-4,9H,5-8H2,1-2H3. The second kappa shape index (κ2) is 6.52. The van der Waals surface area contributed by atoms with Gasteiger partial charge in [-0.3, -0.25) is 14.9 Å². The van der Waals surface area contributed by atoms with Crippen LogP contribution in [0.15, 0.2) is 18.2 Å². The van der Waals surface area contributed by atoms with Gasteiger partial charge in [-0.25, -0.2) is 4.79 Å². The Bertz CT molecular complexity index is 608. The largest absolute Gasteiger partial charge is 0.465 e. The van der Waals surface area contributed by atoms with E-state index in [0.717, 1.165) is 26.3 Å². The summed E-state index contributed by atoms with van der Waals surface area (Å²) < 4.78 is 4.55. The van der Waals surface area contributed by atoms with Crippen LogP contribution in [-0.4, -0.2) is 66.9 Å². The molecule has 0 aliphatic carbocycles. The highest BCUT2D eigenvalue weighted by Crippen LogP contribution is 2.22. The second-order valence-electron chi connectivity index (χ2n) is 5.08. The van der Waals surface area contributed by atoms with Crippen molar-refractivity contribution in [1.29, 1.82) is 0 Å². The summed E-state index contributed by atoms with van der Waals surface area (Å²) in [6.45, 7) is 2.70.